The fourth-order valence-corrected chi connectivity index (χ4v) is 2.77. The highest BCUT2D eigenvalue weighted by atomic mass is 19.1. The van der Waals surface area contributed by atoms with Gasteiger partial charge in [-0.2, -0.15) is 4.98 Å². The van der Waals surface area contributed by atoms with Crippen LogP contribution in [0.3, 0.4) is 0 Å². The minimum atomic E-state index is -1.32. The zero-order valence-electron chi connectivity index (χ0n) is 14.8. The van der Waals surface area contributed by atoms with Gasteiger partial charge in [-0.25, -0.2) is 9.18 Å². The number of aromatic nitrogens is 2. The van der Waals surface area contributed by atoms with Crippen LogP contribution in [-0.2, 0) is 4.74 Å². The van der Waals surface area contributed by atoms with Crippen LogP contribution < -0.4 is 11.0 Å². The maximum absolute atomic E-state index is 14.7. The first kappa shape index (κ1) is 16.0. The Morgan fingerprint density at radius 2 is 2.16 bits per heavy atom. The van der Waals surface area contributed by atoms with Gasteiger partial charge in [-0.15, -0.1) is 0 Å². The van der Waals surface area contributed by atoms with E-state index in [1.54, 1.807) is 37.3 Å². The zero-order chi connectivity index (χ0) is 18.7. The molecule has 1 aliphatic rings. The van der Waals surface area contributed by atoms with Crippen molar-refractivity contribution in [3.05, 3.63) is 58.6 Å². The molecule has 1 fully saturated rings. The first-order valence-electron chi connectivity index (χ1n) is 8.72. The van der Waals surface area contributed by atoms with E-state index >= 15 is 0 Å². The Hall–Kier alpha value is -2.54. The molecule has 0 saturated carbocycles. The number of benzene rings is 1. The highest BCUT2D eigenvalue weighted by molar-refractivity contribution is 6.03. The minimum absolute atomic E-state index is 0.00631. The molecule has 3 rings (SSSR count). The van der Waals surface area contributed by atoms with Crippen LogP contribution in [0.2, 0.25) is 0 Å². The number of nitrogens with zero attached hydrogens (tertiary/aromatic N) is 2. The Bertz CT molecular complexity index is 830. The Kier molecular flexibility index (Phi) is 4.56. The molecule has 1 amide bonds. The number of carbonyl (C=O) groups is 1. The van der Waals surface area contributed by atoms with Crippen molar-refractivity contribution in [3.8, 4) is 0 Å². The van der Waals surface area contributed by atoms with E-state index in [1.165, 1.54) is 16.8 Å². The Labute approximate surface area is 146 Å². The molecule has 0 radical (unpaired) electrons. The zero-order valence-corrected chi connectivity index (χ0v) is 13.8. The minimum Gasteiger partial charge on any atom is -0.376 e. The summed E-state index contributed by atoms with van der Waals surface area (Å²) in [5.74, 6) is -0.772. The topological polar surface area (TPSA) is 73.2 Å². The summed E-state index contributed by atoms with van der Waals surface area (Å²) in [6.45, 7) is 1.65. The molecule has 1 aromatic carbocycles. The van der Waals surface area contributed by atoms with Crippen molar-refractivity contribution in [1.29, 1.82) is 0 Å². The molecule has 0 bridgehead atoms. The van der Waals surface area contributed by atoms with Gasteiger partial charge in [-0.1, -0.05) is 25.1 Å². The third-order valence-electron chi connectivity index (χ3n) is 4.40. The third kappa shape index (κ3) is 3.61. The van der Waals surface area contributed by atoms with E-state index in [2.05, 4.69) is 10.3 Å². The lowest BCUT2D eigenvalue weighted by molar-refractivity contribution is -0.0816. The Morgan fingerprint density at radius 3 is 2.84 bits per heavy atom. The third-order valence-corrected chi connectivity index (χ3v) is 4.40. The molecular formula is C18H20FN3O3. The maximum Gasteiger partial charge on any atom is 0.349 e. The quantitative estimate of drug-likeness (QED) is 0.926. The van der Waals surface area contributed by atoms with Gasteiger partial charge in [0, 0.05) is 19.0 Å². The maximum atomic E-state index is 14.7. The molecule has 132 valence electrons. The van der Waals surface area contributed by atoms with Crippen molar-refractivity contribution >= 4 is 11.7 Å². The van der Waals surface area contributed by atoms with Crippen LogP contribution in [0.4, 0.5) is 10.2 Å². The van der Waals surface area contributed by atoms with Crippen molar-refractivity contribution in [2.24, 2.45) is 5.92 Å². The van der Waals surface area contributed by atoms with E-state index in [4.69, 9.17) is 6.11 Å². The largest absolute Gasteiger partial charge is 0.376 e. The van der Waals surface area contributed by atoms with Crippen LogP contribution in [0.25, 0.3) is 0 Å². The molecule has 6 nitrogen and oxygen atoms in total. The normalized spacial score (nSPS) is 26.7. The number of amides is 1. The number of hydrogen-bond donors (Lipinski definition) is 1. The van der Waals surface area contributed by atoms with Crippen LogP contribution in [0.15, 0.2) is 47.4 Å². The molecule has 4 unspecified atom stereocenters. The van der Waals surface area contributed by atoms with E-state index in [0.717, 1.165) is 0 Å². The van der Waals surface area contributed by atoms with Crippen LogP contribution in [0, 0.1) is 5.92 Å². The van der Waals surface area contributed by atoms with Gasteiger partial charge in [0.05, 0.1) is 18.8 Å². The SMILES string of the molecule is [2H]CC1OCC(n2ccc(NC(=O)c3ccccc3)nc2=O)C(F)C1C. The summed E-state index contributed by atoms with van der Waals surface area (Å²) < 4.78 is 28.7. The molecule has 4 atom stereocenters. The van der Waals surface area contributed by atoms with Gasteiger partial charge in [-0.05, 0) is 25.1 Å². The summed E-state index contributed by atoms with van der Waals surface area (Å²) in [5.41, 5.74) is -0.220. The van der Waals surface area contributed by atoms with Crippen molar-refractivity contribution in [2.45, 2.75) is 32.1 Å². The summed E-state index contributed by atoms with van der Waals surface area (Å²) in [7, 11) is 0. The average molecular weight is 346 g/mol. The number of halogens is 1. The van der Waals surface area contributed by atoms with E-state index < -0.39 is 29.9 Å². The van der Waals surface area contributed by atoms with Crippen LogP contribution >= 0.6 is 0 Å². The second-order valence-electron chi connectivity index (χ2n) is 6.07. The number of nitrogens with one attached hydrogen (secondary N) is 1. The second-order valence-corrected chi connectivity index (χ2v) is 6.07. The molecule has 25 heavy (non-hydrogen) atoms. The standard InChI is InChI=1S/C18H20FN3O3/c1-11-12(2)25-10-14(16(11)19)22-9-8-15(21-18(22)24)20-17(23)13-6-4-3-5-7-13/h3-9,11-12,14,16H,10H2,1-2H3,(H,20,21,23,24)/i2D. The summed E-state index contributed by atoms with van der Waals surface area (Å²) in [5, 5.41) is 2.55. The molecule has 7 heteroatoms. The second kappa shape index (κ2) is 7.14. The summed E-state index contributed by atoms with van der Waals surface area (Å²) >= 11 is 0. The molecule has 1 N–H and O–H groups in total. The fourth-order valence-electron chi connectivity index (χ4n) is 2.77. The molecule has 1 saturated heterocycles. The molecule has 1 aliphatic heterocycles. The average Bonchev–Trinajstić information content (AvgIpc) is 2.65. The van der Waals surface area contributed by atoms with Crippen molar-refractivity contribution in [2.75, 3.05) is 11.9 Å². The highest BCUT2D eigenvalue weighted by Crippen LogP contribution is 2.30. The number of hydrogen-bond acceptors (Lipinski definition) is 4. The predicted octanol–water partition coefficient (Wildman–Crippen LogP) is 2.43. The number of carbonyl (C=O) groups excluding carboxylic acids is 1. The van der Waals surface area contributed by atoms with Gasteiger partial charge in [0.25, 0.3) is 5.91 Å². The van der Waals surface area contributed by atoms with E-state index in [0.29, 0.717) is 5.56 Å². The van der Waals surface area contributed by atoms with E-state index in [-0.39, 0.29) is 25.2 Å². The Balaban J connectivity index is 1.76. The van der Waals surface area contributed by atoms with Gasteiger partial charge in [0.2, 0.25) is 0 Å². The number of rotatable bonds is 3. The molecule has 0 aliphatic carbocycles. The Morgan fingerprint density at radius 1 is 1.40 bits per heavy atom. The molecule has 1 aromatic heterocycles. The van der Waals surface area contributed by atoms with Gasteiger partial charge in [0.15, 0.2) is 0 Å². The van der Waals surface area contributed by atoms with Crippen molar-refractivity contribution < 1.29 is 15.3 Å². The van der Waals surface area contributed by atoms with Crippen LogP contribution in [-0.4, -0.2) is 34.3 Å². The molecule has 2 heterocycles. The fraction of sp³-hybridized carbons (Fsp3) is 0.389. The van der Waals surface area contributed by atoms with Crippen molar-refractivity contribution in [3.63, 3.8) is 0 Å². The molecular weight excluding hydrogens is 325 g/mol. The van der Waals surface area contributed by atoms with Crippen LogP contribution in [0.1, 0.15) is 31.6 Å². The lowest BCUT2D eigenvalue weighted by Crippen LogP contribution is -2.45. The van der Waals surface area contributed by atoms with Crippen LogP contribution in [0.5, 0.6) is 0 Å². The highest BCUT2D eigenvalue weighted by Gasteiger charge is 2.37. The van der Waals surface area contributed by atoms with Crippen molar-refractivity contribution in [1.82, 2.24) is 9.55 Å². The molecule has 0 spiro atoms. The number of anilines is 1. The summed E-state index contributed by atoms with van der Waals surface area (Å²) in [4.78, 5) is 28.2. The van der Waals surface area contributed by atoms with Gasteiger partial charge < -0.3 is 10.1 Å². The van der Waals surface area contributed by atoms with E-state index in [9.17, 15) is 14.0 Å². The van der Waals surface area contributed by atoms with Gasteiger partial charge in [0.1, 0.15) is 12.0 Å². The number of alkyl halides is 1. The van der Waals surface area contributed by atoms with Gasteiger partial charge in [-0.3, -0.25) is 9.36 Å². The molecule has 2 aromatic rings. The van der Waals surface area contributed by atoms with E-state index in [1.807, 2.05) is 0 Å². The van der Waals surface area contributed by atoms with Gasteiger partial charge >= 0.3 is 5.69 Å². The summed E-state index contributed by atoms with van der Waals surface area (Å²) in [6, 6.07) is 9.21. The first-order chi connectivity index (χ1) is 12.5. The monoisotopic (exact) mass is 346 g/mol. The smallest absolute Gasteiger partial charge is 0.349 e. The predicted molar refractivity (Wildman–Crippen MR) is 91.4 cm³/mol. The lowest BCUT2D eigenvalue weighted by atomic mass is 9.92. The number of ether oxygens (including phenoxy) is 1. The lowest BCUT2D eigenvalue weighted by Gasteiger charge is -2.36. The first-order valence-corrected chi connectivity index (χ1v) is 8.01. The summed E-state index contributed by atoms with van der Waals surface area (Å²) in [6.07, 6.45) is -0.387.